The molecule has 3 aromatic rings. The number of rotatable bonds is 3. The van der Waals surface area contributed by atoms with Crippen LogP contribution in [0.3, 0.4) is 0 Å². The first-order valence-electron chi connectivity index (χ1n) is 5.94. The third-order valence-corrected chi connectivity index (χ3v) is 3.73. The van der Waals surface area contributed by atoms with E-state index in [9.17, 15) is 4.79 Å². The molecular formula is C15H11N2NaO2S. The smallest absolute Gasteiger partial charge is 1.00 e. The van der Waals surface area contributed by atoms with Gasteiger partial charge in [0, 0.05) is 28.9 Å². The molecule has 0 amide bonds. The summed E-state index contributed by atoms with van der Waals surface area (Å²) in [5.41, 5.74) is 3.03. The fourth-order valence-electron chi connectivity index (χ4n) is 1.81. The Balaban J connectivity index is 0.00000121. The molecule has 2 aromatic heterocycles. The normalized spacial score (nSPS) is 9.90. The van der Waals surface area contributed by atoms with Crippen LogP contribution in [0.25, 0.3) is 21.8 Å². The van der Waals surface area contributed by atoms with Crippen LogP contribution in [0.5, 0.6) is 0 Å². The van der Waals surface area contributed by atoms with E-state index in [2.05, 4.69) is 9.97 Å². The molecule has 0 fully saturated rings. The van der Waals surface area contributed by atoms with E-state index in [0.717, 1.165) is 21.8 Å². The predicted octanol–water partition coefficient (Wildman–Crippen LogP) is 0.687. The van der Waals surface area contributed by atoms with Gasteiger partial charge in [-0.2, -0.15) is 0 Å². The first kappa shape index (κ1) is 15.9. The van der Waals surface area contributed by atoms with E-state index < -0.39 is 5.97 Å². The zero-order chi connectivity index (χ0) is 13.9. The molecule has 0 unspecified atom stereocenters. The molecule has 3 rings (SSSR count). The summed E-state index contributed by atoms with van der Waals surface area (Å²) in [5, 5.41) is 11.7. The number of pyridine rings is 1. The molecule has 21 heavy (non-hydrogen) atoms. The third-order valence-electron chi connectivity index (χ3n) is 2.84. The summed E-state index contributed by atoms with van der Waals surface area (Å²) >= 11 is 1.53. The minimum Gasteiger partial charge on any atom is -1.00 e. The van der Waals surface area contributed by atoms with Gasteiger partial charge >= 0.3 is 35.5 Å². The van der Waals surface area contributed by atoms with Crippen molar-refractivity contribution < 1.29 is 40.9 Å². The second-order valence-electron chi connectivity index (χ2n) is 4.16. The van der Waals surface area contributed by atoms with E-state index >= 15 is 0 Å². The van der Waals surface area contributed by atoms with Crippen LogP contribution in [0.2, 0.25) is 0 Å². The van der Waals surface area contributed by atoms with Gasteiger partial charge in [0.1, 0.15) is 5.01 Å². The number of aromatic carboxylic acids is 1. The molecule has 0 aliphatic rings. The van der Waals surface area contributed by atoms with Gasteiger partial charge < -0.3 is 6.53 Å². The first-order valence-corrected chi connectivity index (χ1v) is 6.81. The molecule has 100 valence electrons. The van der Waals surface area contributed by atoms with Gasteiger partial charge in [0.25, 0.3) is 0 Å². The molecule has 0 aliphatic heterocycles. The SMILES string of the molecule is O=C(O)c1ccc(-c2nc(-c3cccnc3)cs2)cc1.[H-].[Na+]. The van der Waals surface area contributed by atoms with Gasteiger partial charge in [-0.05, 0) is 24.3 Å². The van der Waals surface area contributed by atoms with Gasteiger partial charge in [0.05, 0.1) is 11.3 Å². The van der Waals surface area contributed by atoms with Gasteiger partial charge in [-0.25, -0.2) is 9.78 Å². The van der Waals surface area contributed by atoms with Gasteiger partial charge in [-0.3, -0.25) is 4.98 Å². The molecule has 1 N–H and O–H groups in total. The first-order chi connectivity index (χ1) is 9.74. The Morgan fingerprint density at radius 3 is 2.52 bits per heavy atom. The molecule has 0 bridgehead atoms. The second-order valence-corrected chi connectivity index (χ2v) is 5.02. The van der Waals surface area contributed by atoms with Gasteiger partial charge in [-0.15, -0.1) is 11.3 Å². The van der Waals surface area contributed by atoms with Crippen molar-refractivity contribution in [2.24, 2.45) is 0 Å². The average molecular weight is 306 g/mol. The Hall–Kier alpha value is -1.53. The number of nitrogens with zero attached hydrogens (tertiary/aromatic N) is 2. The van der Waals surface area contributed by atoms with Crippen molar-refractivity contribution in [2.75, 3.05) is 0 Å². The predicted molar refractivity (Wildman–Crippen MR) is 78.9 cm³/mol. The number of benzene rings is 1. The summed E-state index contributed by atoms with van der Waals surface area (Å²) < 4.78 is 0. The minimum atomic E-state index is -0.924. The number of thiazole rings is 1. The van der Waals surface area contributed by atoms with Gasteiger partial charge in [0.2, 0.25) is 0 Å². The van der Waals surface area contributed by atoms with Crippen LogP contribution >= 0.6 is 11.3 Å². The molecule has 6 heteroatoms. The van der Waals surface area contributed by atoms with Crippen molar-refractivity contribution in [2.45, 2.75) is 0 Å². The number of aromatic nitrogens is 2. The average Bonchev–Trinajstić information content (AvgIpc) is 2.98. The zero-order valence-electron chi connectivity index (χ0n) is 12.4. The molecule has 1 aromatic carbocycles. The third kappa shape index (κ3) is 3.57. The van der Waals surface area contributed by atoms with Crippen LogP contribution in [-0.4, -0.2) is 21.0 Å². The fraction of sp³-hybridized carbons (Fsp3) is 0. The Morgan fingerprint density at radius 2 is 1.90 bits per heavy atom. The molecular weight excluding hydrogens is 295 g/mol. The summed E-state index contributed by atoms with van der Waals surface area (Å²) in [6.07, 6.45) is 3.49. The van der Waals surface area contributed by atoms with Crippen LogP contribution in [0.15, 0.2) is 54.2 Å². The zero-order valence-corrected chi connectivity index (χ0v) is 14.2. The summed E-state index contributed by atoms with van der Waals surface area (Å²) in [4.78, 5) is 19.4. The Labute approximate surface area is 149 Å². The molecule has 0 spiro atoms. The molecule has 0 aliphatic carbocycles. The largest absolute Gasteiger partial charge is 1.00 e. The molecule has 2 heterocycles. The van der Waals surface area contributed by atoms with E-state index in [4.69, 9.17) is 5.11 Å². The molecule has 0 radical (unpaired) electrons. The Bertz CT molecular complexity index is 748. The number of hydrogen-bond donors (Lipinski definition) is 1. The van der Waals surface area contributed by atoms with Crippen LogP contribution in [0.1, 0.15) is 11.8 Å². The van der Waals surface area contributed by atoms with Crippen molar-refractivity contribution in [3.63, 3.8) is 0 Å². The van der Waals surface area contributed by atoms with Crippen molar-refractivity contribution in [3.8, 4) is 21.8 Å². The van der Waals surface area contributed by atoms with Crippen molar-refractivity contribution in [1.82, 2.24) is 9.97 Å². The Morgan fingerprint density at radius 1 is 1.14 bits per heavy atom. The van der Waals surface area contributed by atoms with Crippen LogP contribution in [0.4, 0.5) is 0 Å². The Kier molecular flexibility index (Phi) is 5.25. The summed E-state index contributed by atoms with van der Waals surface area (Å²) in [6, 6.07) is 10.5. The molecule has 0 saturated heterocycles. The van der Waals surface area contributed by atoms with Crippen molar-refractivity contribution in [1.29, 1.82) is 0 Å². The van der Waals surface area contributed by atoms with Crippen molar-refractivity contribution in [3.05, 3.63) is 59.7 Å². The van der Waals surface area contributed by atoms with Crippen LogP contribution in [-0.2, 0) is 0 Å². The second kappa shape index (κ2) is 6.95. The topological polar surface area (TPSA) is 63.1 Å². The molecule has 0 atom stereocenters. The van der Waals surface area contributed by atoms with Gasteiger partial charge in [-0.1, -0.05) is 12.1 Å². The summed E-state index contributed by atoms with van der Waals surface area (Å²) in [7, 11) is 0. The van der Waals surface area contributed by atoms with E-state index in [1.807, 2.05) is 17.5 Å². The van der Waals surface area contributed by atoms with E-state index in [1.54, 1.807) is 36.7 Å². The molecule has 0 saturated carbocycles. The maximum Gasteiger partial charge on any atom is 1.00 e. The number of carboxylic acids is 1. The quantitative estimate of drug-likeness (QED) is 0.723. The van der Waals surface area contributed by atoms with E-state index in [-0.39, 0.29) is 36.5 Å². The van der Waals surface area contributed by atoms with Crippen LogP contribution in [0, 0.1) is 0 Å². The monoisotopic (exact) mass is 306 g/mol. The standard InChI is InChI=1S/C15H10N2O2S.Na.H/c18-15(19)11-5-3-10(4-6-11)14-17-13(9-20-14)12-2-1-7-16-8-12;;/h1-9H,(H,18,19);;/q;+1;-1. The number of hydrogen-bond acceptors (Lipinski definition) is 4. The number of carbonyl (C=O) groups is 1. The van der Waals surface area contributed by atoms with E-state index in [1.165, 1.54) is 11.3 Å². The minimum absolute atomic E-state index is 0. The fourth-order valence-corrected chi connectivity index (χ4v) is 2.64. The maximum atomic E-state index is 10.8. The summed E-state index contributed by atoms with van der Waals surface area (Å²) in [6.45, 7) is 0. The molecule has 4 nitrogen and oxygen atoms in total. The van der Waals surface area contributed by atoms with Gasteiger partial charge in [0.15, 0.2) is 0 Å². The number of carboxylic acid groups (broad SMARTS) is 1. The van der Waals surface area contributed by atoms with Crippen LogP contribution < -0.4 is 29.6 Å². The maximum absolute atomic E-state index is 10.8. The van der Waals surface area contributed by atoms with E-state index in [0.29, 0.717) is 0 Å². The summed E-state index contributed by atoms with van der Waals surface area (Å²) in [5.74, 6) is -0.924. The van der Waals surface area contributed by atoms with Crippen molar-refractivity contribution >= 4 is 17.3 Å².